The number of aryl methyl sites for hydroxylation is 1. The lowest BCUT2D eigenvalue weighted by atomic mass is 9.86. The Morgan fingerprint density at radius 2 is 1.89 bits per heavy atom. The molecule has 8 nitrogen and oxygen atoms in total. The van der Waals surface area contributed by atoms with Gasteiger partial charge in [-0.05, 0) is 47.9 Å². The van der Waals surface area contributed by atoms with Gasteiger partial charge in [-0.15, -0.1) is 0 Å². The third-order valence-corrected chi connectivity index (χ3v) is 6.75. The molecule has 194 valence electrons. The van der Waals surface area contributed by atoms with Crippen molar-refractivity contribution in [2.24, 2.45) is 7.05 Å². The molecule has 2 aliphatic heterocycles. The molecule has 11 heteroatoms. The zero-order valence-electron chi connectivity index (χ0n) is 20.4. The Morgan fingerprint density at radius 3 is 2.59 bits per heavy atom. The number of benzene rings is 2. The molecule has 0 saturated carbocycles. The van der Waals surface area contributed by atoms with E-state index in [0.29, 0.717) is 36.5 Å². The van der Waals surface area contributed by atoms with Crippen LogP contribution >= 0.6 is 0 Å². The minimum Gasteiger partial charge on any atom is -0.497 e. The summed E-state index contributed by atoms with van der Waals surface area (Å²) in [5.41, 5.74) is 0.234. The molecule has 3 heterocycles. The summed E-state index contributed by atoms with van der Waals surface area (Å²) in [4.78, 5) is 28.0. The molecule has 1 atom stereocenters. The first kappa shape index (κ1) is 24.7. The smallest absolute Gasteiger partial charge is 0.435 e. The van der Waals surface area contributed by atoms with Crippen LogP contribution in [0.2, 0.25) is 0 Å². The van der Waals surface area contributed by atoms with Crippen LogP contribution in [0.25, 0.3) is 11.1 Å². The Bertz CT molecular complexity index is 1400. The van der Waals surface area contributed by atoms with Crippen molar-refractivity contribution < 1.29 is 37.0 Å². The topological polar surface area (TPSA) is 82.9 Å². The molecule has 0 aliphatic carbocycles. The van der Waals surface area contributed by atoms with Gasteiger partial charge < -0.3 is 19.1 Å². The minimum absolute atomic E-state index is 0.0162. The van der Waals surface area contributed by atoms with Crippen LogP contribution in [-0.2, 0) is 24.4 Å². The minimum atomic E-state index is -4.72. The average Bonchev–Trinajstić information content (AvgIpc) is 3.29. The number of alkyl halides is 3. The van der Waals surface area contributed by atoms with Gasteiger partial charge in [0.05, 0.1) is 32.4 Å². The predicted octanol–water partition coefficient (Wildman–Crippen LogP) is 4.42. The Morgan fingerprint density at radius 1 is 1.14 bits per heavy atom. The molecule has 0 radical (unpaired) electrons. The first-order valence-electron chi connectivity index (χ1n) is 11.6. The molecule has 2 aromatic carbocycles. The maximum atomic E-state index is 13.9. The number of nitrogens with zero attached hydrogens (tertiary/aromatic N) is 3. The fraction of sp³-hybridized carbons (Fsp3) is 0.346. The van der Waals surface area contributed by atoms with Crippen molar-refractivity contribution in [2.45, 2.75) is 25.1 Å². The molecule has 37 heavy (non-hydrogen) atoms. The van der Waals surface area contributed by atoms with Crippen LogP contribution in [-0.4, -0.2) is 53.9 Å². The van der Waals surface area contributed by atoms with E-state index in [0.717, 1.165) is 10.2 Å². The maximum Gasteiger partial charge on any atom is 0.435 e. The van der Waals surface area contributed by atoms with E-state index in [1.54, 1.807) is 24.1 Å². The van der Waals surface area contributed by atoms with Crippen molar-refractivity contribution in [1.29, 1.82) is 0 Å². The van der Waals surface area contributed by atoms with Crippen LogP contribution in [0, 0.1) is 0 Å². The van der Waals surface area contributed by atoms with Crippen molar-refractivity contribution in [3.63, 3.8) is 0 Å². The molecule has 0 spiro atoms. The van der Waals surface area contributed by atoms with Crippen molar-refractivity contribution >= 4 is 11.9 Å². The van der Waals surface area contributed by atoms with Crippen molar-refractivity contribution in [1.82, 2.24) is 14.7 Å². The Hall–Kier alpha value is -4.02. The van der Waals surface area contributed by atoms with E-state index >= 15 is 0 Å². The Labute approximate surface area is 210 Å². The second-order valence-electron chi connectivity index (χ2n) is 8.91. The molecule has 1 aromatic heterocycles. The van der Waals surface area contributed by atoms with Crippen molar-refractivity contribution in [3.05, 3.63) is 64.5 Å². The second kappa shape index (κ2) is 9.13. The van der Waals surface area contributed by atoms with E-state index in [-0.39, 0.29) is 40.7 Å². The highest BCUT2D eigenvalue weighted by Crippen LogP contribution is 2.43. The highest BCUT2D eigenvalue weighted by Gasteiger charge is 2.40. The van der Waals surface area contributed by atoms with Gasteiger partial charge in [-0.1, -0.05) is 0 Å². The third-order valence-electron chi connectivity index (χ3n) is 6.75. The molecule has 3 aromatic rings. The second-order valence-corrected chi connectivity index (χ2v) is 8.91. The summed E-state index contributed by atoms with van der Waals surface area (Å²) in [5.74, 6) is 0.120. The quantitative estimate of drug-likeness (QED) is 0.479. The van der Waals surface area contributed by atoms with E-state index in [1.807, 2.05) is 6.07 Å². The normalized spacial score (nSPS) is 17.1. The standard InChI is InChI=1S/C26H24F3N3O5/c1-31-13-20(23(30-31)26(27,28)29)17-10-14(25(34)36-3)11-18-16(17)6-8-32(24(18)33)21-7-9-37-22-5-4-15(35-2)12-19(21)22/h4-5,10-13,21H,6-9H2,1-3H3/t21-/m0/s1. The zero-order valence-corrected chi connectivity index (χ0v) is 20.4. The van der Waals surface area contributed by atoms with Gasteiger partial charge in [-0.3, -0.25) is 9.48 Å². The molecular formula is C26H24F3N3O5. The van der Waals surface area contributed by atoms with Crippen molar-refractivity contribution in [3.8, 4) is 22.6 Å². The first-order valence-corrected chi connectivity index (χ1v) is 11.6. The summed E-state index contributed by atoms with van der Waals surface area (Å²) in [6.45, 7) is 0.679. The summed E-state index contributed by atoms with van der Waals surface area (Å²) >= 11 is 0. The number of methoxy groups -OCH3 is 2. The zero-order chi connectivity index (χ0) is 26.5. The van der Waals surface area contributed by atoms with Crippen LogP contribution in [0.15, 0.2) is 36.5 Å². The third kappa shape index (κ3) is 4.28. The highest BCUT2D eigenvalue weighted by molar-refractivity contribution is 6.03. The number of aromatic nitrogens is 2. The fourth-order valence-electron chi connectivity index (χ4n) is 5.09. The number of hydrogen-bond donors (Lipinski definition) is 0. The van der Waals surface area contributed by atoms with Crippen LogP contribution in [0.1, 0.15) is 50.0 Å². The van der Waals surface area contributed by atoms with Gasteiger partial charge in [-0.25, -0.2) is 4.79 Å². The predicted molar refractivity (Wildman–Crippen MR) is 126 cm³/mol. The number of amides is 1. The van der Waals surface area contributed by atoms with Crippen LogP contribution in [0.4, 0.5) is 13.2 Å². The van der Waals surface area contributed by atoms with Crippen molar-refractivity contribution in [2.75, 3.05) is 27.4 Å². The lowest BCUT2D eigenvalue weighted by Gasteiger charge is -2.39. The maximum absolute atomic E-state index is 13.9. The first-order chi connectivity index (χ1) is 17.6. The molecule has 5 rings (SSSR count). The highest BCUT2D eigenvalue weighted by atomic mass is 19.4. The number of ether oxygens (including phenoxy) is 3. The summed E-state index contributed by atoms with van der Waals surface area (Å²) < 4.78 is 58.5. The van der Waals surface area contributed by atoms with Gasteiger partial charge in [-0.2, -0.15) is 18.3 Å². The monoisotopic (exact) mass is 515 g/mol. The number of esters is 1. The van der Waals surface area contributed by atoms with Gasteiger partial charge in [0, 0.05) is 42.9 Å². The fourth-order valence-corrected chi connectivity index (χ4v) is 5.09. The van der Waals surface area contributed by atoms with Gasteiger partial charge in [0.15, 0.2) is 5.69 Å². The summed E-state index contributed by atoms with van der Waals surface area (Å²) in [6.07, 6.45) is -2.65. The largest absolute Gasteiger partial charge is 0.497 e. The summed E-state index contributed by atoms with van der Waals surface area (Å²) in [7, 11) is 4.11. The summed E-state index contributed by atoms with van der Waals surface area (Å²) in [5, 5.41) is 3.61. The average molecular weight is 515 g/mol. The Kier molecular flexibility index (Phi) is 6.09. The van der Waals surface area contributed by atoms with E-state index < -0.39 is 17.8 Å². The number of carbonyl (C=O) groups is 2. The van der Waals surface area contributed by atoms with E-state index in [9.17, 15) is 22.8 Å². The van der Waals surface area contributed by atoms with Crippen LogP contribution in [0.5, 0.6) is 11.5 Å². The van der Waals surface area contributed by atoms with Gasteiger partial charge in [0.1, 0.15) is 11.5 Å². The molecular weight excluding hydrogens is 491 g/mol. The van der Waals surface area contributed by atoms with Gasteiger partial charge in [0.25, 0.3) is 5.91 Å². The Balaban J connectivity index is 1.64. The lowest BCUT2D eigenvalue weighted by molar-refractivity contribution is -0.141. The number of fused-ring (bicyclic) bond motifs is 2. The SMILES string of the molecule is COC(=O)c1cc2c(c(-c3cn(C)nc3C(F)(F)F)c1)CCN([C@H]1CCOc3ccc(OC)cc31)C2=O. The molecule has 1 amide bonds. The molecule has 0 N–H and O–H groups in total. The summed E-state index contributed by atoms with van der Waals surface area (Å²) in [6, 6.07) is 7.80. The number of hydrogen-bond acceptors (Lipinski definition) is 6. The van der Waals surface area contributed by atoms with E-state index in [1.165, 1.54) is 32.5 Å². The number of carbonyl (C=O) groups excluding carboxylic acids is 2. The molecule has 2 aliphatic rings. The number of rotatable bonds is 4. The van der Waals surface area contributed by atoms with E-state index in [4.69, 9.17) is 14.2 Å². The molecule has 0 saturated heterocycles. The van der Waals surface area contributed by atoms with Gasteiger partial charge >= 0.3 is 12.1 Å². The van der Waals surface area contributed by atoms with E-state index in [2.05, 4.69) is 5.10 Å². The van der Waals surface area contributed by atoms with Gasteiger partial charge in [0.2, 0.25) is 0 Å². The molecule has 0 fully saturated rings. The van der Waals surface area contributed by atoms with Crippen LogP contribution in [0.3, 0.4) is 0 Å². The van der Waals surface area contributed by atoms with Crippen LogP contribution < -0.4 is 9.47 Å². The number of halogens is 3. The lowest BCUT2D eigenvalue weighted by Crippen LogP contribution is -2.42. The molecule has 0 unspecified atom stereocenters. The molecule has 0 bridgehead atoms.